The van der Waals surface area contributed by atoms with E-state index in [9.17, 15) is 0 Å². The first kappa shape index (κ1) is 9.30. The van der Waals surface area contributed by atoms with Crippen molar-refractivity contribution in [3.05, 3.63) is 17.8 Å². The molecule has 0 aliphatic heterocycles. The summed E-state index contributed by atoms with van der Waals surface area (Å²) in [6.07, 6.45) is 5.37. The number of rotatable bonds is 4. The van der Waals surface area contributed by atoms with E-state index in [1.54, 1.807) is 6.26 Å². The summed E-state index contributed by atoms with van der Waals surface area (Å²) in [5, 5.41) is 0. The van der Waals surface area contributed by atoms with Crippen LogP contribution in [0.5, 0.6) is 0 Å². The average molecular weight is 167 g/mol. The zero-order chi connectivity index (χ0) is 8.97. The zero-order valence-corrected chi connectivity index (χ0v) is 8.13. The van der Waals surface area contributed by atoms with Crippen LogP contribution >= 0.6 is 0 Å². The molecule has 0 amide bonds. The van der Waals surface area contributed by atoms with Crippen LogP contribution in [0.1, 0.15) is 50.6 Å². The summed E-state index contributed by atoms with van der Waals surface area (Å²) in [6.45, 7) is 6.29. The molecule has 0 fully saturated rings. The summed E-state index contributed by atoms with van der Waals surface area (Å²) in [6, 6.07) is 0. The SMILES string of the molecule is CCCC(CC)c1coc(C)n1. The largest absolute Gasteiger partial charge is 0.449 e. The minimum Gasteiger partial charge on any atom is -0.449 e. The highest BCUT2D eigenvalue weighted by atomic mass is 16.3. The molecule has 1 aromatic rings. The van der Waals surface area contributed by atoms with Crippen LogP contribution in [-0.2, 0) is 0 Å². The lowest BCUT2D eigenvalue weighted by molar-refractivity contribution is 0.516. The van der Waals surface area contributed by atoms with E-state index in [4.69, 9.17) is 4.42 Å². The molecule has 0 radical (unpaired) electrons. The van der Waals surface area contributed by atoms with Gasteiger partial charge in [-0.05, 0) is 12.8 Å². The maximum atomic E-state index is 5.18. The molecule has 2 heteroatoms. The number of hydrogen-bond acceptors (Lipinski definition) is 2. The van der Waals surface area contributed by atoms with Gasteiger partial charge in [-0.15, -0.1) is 0 Å². The van der Waals surface area contributed by atoms with Crippen molar-refractivity contribution in [2.75, 3.05) is 0 Å². The Morgan fingerprint density at radius 3 is 2.67 bits per heavy atom. The van der Waals surface area contributed by atoms with Crippen molar-refractivity contribution in [2.24, 2.45) is 0 Å². The molecule has 12 heavy (non-hydrogen) atoms. The molecule has 0 saturated heterocycles. The number of nitrogens with zero attached hydrogens (tertiary/aromatic N) is 1. The first-order valence-corrected chi connectivity index (χ1v) is 4.70. The second kappa shape index (κ2) is 4.29. The Kier molecular flexibility index (Phi) is 3.32. The fourth-order valence-electron chi connectivity index (χ4n) is 1.48. The lowest BCUT2D eigenvalue weighted by atomic mass is 9.98. The van der Waals surface area contributed by atoms with E-state index in [0.29, 0.717) is 5.92 Å². The third-order valence-corrected chi connectivity index (χ3v) is 2.18. The molecule has 0 spiro atoms. The van der Waals surface area contributed by atoms with Crippen LogP contribution in [0.2, 0.25) is 0 Å². The van der Waals surface area contributed by atoms with Gasteiger partial charge in [0.05, 0.1) is 5.69 Å². The smallest absolute Gasteiger partial charge is 0.191 e. The van der Waals surface area contributed by atoms with Crippen molar-refractivity contribution >= 4 is 0 Å². The molecule has 2 nitrogen and oxygen atoms in total. The van der Waals surface area contributed by atoms with Crippen molar-refractivity contribution < 1.29 is 4.42 Å². The minimum absolute atomic E-state index is 0.590. The van der Waals surface area contributed by atoms with Gasteiger partial charge in [-0.3, -0.25) is 0 Å². The van der Waals surface area contributed by atoms with Crippen LogP contribution in [0.3, 0.4) is 0 Å². The lowest BCUT2D eigenvalue weighted by Crippen LogP contribution is -1.96. The summed E-state index contributed by atoms with van der Waals surface area (Å²) < 4.78 is 5.18. The summed E-state index contributed by atoms with van der Waals surface area (Å²) in [5.74, 6) is 1.37. The fraction of sp³-hybridized carbons (Fsp3) is 0.700. The molecular formula is C10H17NO. The van der Waals surface area contributed by atoms with Crippen LogP contribution in [-0.4, -0.2) is 4.98 Å². The fourth-order valence-corrected chi connectivity index (χ4v) is 1.48. The van der Waals surface area contributed by atoms with Gasteiger partial charge < -0.3 is 4.42 Å². The van der Waals surface area contributed by atoms with Gasteiger partial charge in [0.1, 0.15) is 6.26 Å². The number of oxazole rings is 1. The number of aromatic nitrogens is 1. The standard InChI is InChI=1S/C10H17NO/c1-4-6-9(5-2)10-7-12-8(3)11-10/h7,9H,4-6H2,1-3H3. The highest BCUT2D eigenvalue weighted by Gasteiger charge is 2.11. The molecule has 1 atom stereocenters. The topological polar surface area (TPSA) is 26.0 Å². The first-order valence-electron chi connectivity index (χ1n) is 4.70. The van der Waals surface area contributed by atoms with E-state index in [0.717, 1.165) is 18.0 Å². The van der Waals surface area contributed by atoms with Gasteiger partial charge in [-0.1, -0.05) is 20.3 Å². The lowest BCUT2D eigenvalue weighted by Gasteiger charge is -2.08. The summed E-state index contributed by atoms with van der Waals surface area (Å²) >= 11 is 0. The minimum atomic E-state index is 0.590. The first-order chi connectivity index (χ1) is 5.77. The van der Waals surface area contributed by atoms with Gasteiger partial charge in [-0.2, -0.15) is 0 Å². The Bertz CT molecular complexity index is 229. The normalized spacial score (nSPS) is 13.2. The van der Waals surface area contributed by atoms with Crippen LogP contribution in [0.4, 0.5) is 0 Å². The van der Waals surface area contributed by atoms with Crippen LogP contribution in [0.15, 0.2) is 10.7 Å². The molecule has 0 aromatic carbocycles. The Labute approximate surface area is 74.0 Å². The molecule has 1 rings (SSSR count). The second-order valence-electron chi connectivity index (χ2n) is 3.19. The molecule has 0 N–H and O–H groups in total. The summed E-state index contributed by atoms with van der Waals surface area (Å²) in [4.78, 5) is 4.33. The molecule has 1 heterocycles. The van der Waals surface area contributed by atoms with Crippen LogP contribution in [0, 0.1) is 6.92 Å². The zero-order valence-electron chi connectivity index (χ0n) is 8.13. The maximum Gasteiger partial charge on any atom is 0.191 e. The quantitative estimate of drug-likeness (QED) is 0.687. The third kappa shape index (κ3) is 2.10. The number of hydrogen-bond donors (Lipinski definition) is 0. The highest BCUT2D eigenvalue weighted by molar-refractivity contribution is 5.03. The van der Waals surface area contributed by atoms with Gasteiger partial charge in [0.2, 0.25) is 0 Å². The molecule has 0 aliphatic carbocycles. The van der Waals surface area contributed by atoms with Gasteiger partial charge in [0.25, 0.3) is 0 Å². The molecular weight excluding hydrogens is 150 g/mol. The average Bonchev–Trinajstić information content (AvgIpc) is 2.47. The second-order valence-corrected chi connectivity index (χ2v) is 3.19. The molecule has 68 valence electrons. The van der Waals surface area contributed by atoms with E-state index in [-0.39, 0.29) is 0 Å². The Morgan fingerprint density at radius 2 is 2.25 bits per heavy atom. The van der Waals surface area contributed by atoms with Gasteiger partial charge in [0, 0.05) is 12.8 Å². The predicted molar refractivity (Wildman–Crippen MR) is 49.2 cm³/mol. The van der Waals surface area contributed by atoms with E-state index in [1.165, 1.54) is 12.8 Å². The molecule has 1 aromatic heterocycles. The predicted octanol–water partition coefficient (Wildman–Crippen LogP) is 3.28. The maximum absolute atomic E-state index is 5.18. The molecule has 0 saturated carbocycles. The molecule has 0 bridgehead atoms. The van der Waals surface area contributed by atoms with Gasteiger partial charge in [-0.25, -0.2) is 4.98 Å². The van der Waals surface area contributed by atoms with E-state index < -0.39 is 0 Å². The van der Waals surface area contributed by atoms with Crippen molar-refractivity contribution in [1.82, 2.24) is 4.98 Å². The van der Waals surface area contributed by atoms with Crippen LogP contribution in [0.25, 0.3) is 0 Å². The molecule has 0 aliphatic rings. The van der Waals surface area contributed by atoms with Crippen LogP contribution < -0.4 is 0 Å². The van der Waals surface area contributed by atoms with Gasteiger partial charge in [0.15, 0.2) is 5.89 Å². The van der Waals surface area contributed by atoms with E-state index in [1.807, 2.05) is 6.92 Å². The highest BCUT2D eigenvalue weighted by Crippen LogP contribution is 2.23. The Balaban J connectivity index is 2.66. The Morgan fingerprint density at radius 1 is 1.50 bits per heavy atom. The van der Waals surface area contributed by atoms with Crippen molar-refractivity contribution in [1.29, 1.82) is 0 Å². The van der Waals surface area contributed by atoms with Crippen molar-refractivity contribution in [2.45, 2.75) is 46.0 Å². The number of aryl methyl sites for hydroxylation is 1. The van der Waals surface area contributed by atoms with E-state index in [2.05, 4.69) is 18.8 Å². The Hall–Kier alpha value is -0.790. The monoisotopic (exact) mass is 167 g/mol. The van der Waals surface area contributed by atoms with Gasteiger partial charge >= 0.3 is 0 Å². The summed E-state index contributed by atoms with van der Waals surface area (Å²) in [7, 11) is 0. The molecule has 1 unspecified atom stereocenters. The summed E-state index contributed by atoms with van der Waals surface area (Å²) in [5.41, 5.74) is 1.12. The van der Waals surface area contributed by atoms with E-state index >= 15 is 0 Å². The van der Waals surface area contributed by atoms with Crippen molar-refractivity contribution in [3.8, 4) is 0 Å². The van der Waals surface area contributed by atoms with Crippen molar-refractivity contribution in [3.63, 3.8) is 0 Å². The third-order valence-electron chi connectivity index (χ3n) is 2.18.